The van der Waals surface area contributed by atoms with Crippen LogP contribution in [0.25, 0.3) is 0 Å². The van der Waals surface area contributed by atoms with Crippen molar-refractivity contribution in [2.45, 2.75) is 18.7 Å². The minimum Gasteiger partial charge on any atom is -0.465 e. The Balaban J connectivity index is 1.86. The molecule has 3 rings (SSSR count). The molecule has 0 aromatic heterocycles. The molecule has 0 aliphatic rings. The minimum absolute atomic E-state index is 0.0488. The lowest BCUT2D eigenvalue weighted by atomic mass is 10.1. The van der Waals surface area contributed by atoms with E-state index in [-0.39, 0.29) is 27.3 Å². The van der Waals surface area contributed by atoms with Crippen molar-refractivity contribution in [1.82, 2.24) is 0 Å². The van der Waals surface area contributed by atoms with Gasteiger partial charge in [-0.2, -0.15) is 0 Å². The van der Waals surface area contributed by atoms with Crippen LogP contribution in [-0.4, -0.2) is 40.5 Å². The van der Waals surface area contributed by atoms with Crippen LogP contribution < -0.4 is 10.0 Å². The predicted octanol–water partition coefficient (Wildman–Crippen LogP) is 3.93. The average molecular weight is 497 g/mol. The van der Waals surface area contributed by atoms with E-state index in [1.807, 2.05) is 6.92 Å². The standard InChI is InChI=1S/C25H24N2O7S/c1-15-5-9-19(10-6-15)35(31,32)27-21-12-8-17(13-16(21)2)23(28)26-22-14-18(24(29)33-3)7-11-20(22)25(30)34-4/h5-14,27H,1-4H3,(H,26,28). The molecule has 0 fully saturated rings. The second-order valence-corrected chi connectivity index (χ2v) is 9.33. The van der Waals surface area contributed by atoms with Crippen molar-refractivity contribution in [1.29, 1.82) is 0 Å². The zero-order valence-corrected chi connectivity index (χ0v) is 20.4. The smallest absolute Gasteiger partial charge is 0.339 e. The van der Waals surface area contributed by atoms with Crippen LogP contribution in [0.3, 0.4) is 0 Å². The van der Waals surface area contributed by atoms with Gasteiger partial charge in [-0.3, -0.25) is 9.52 Å². The summed E-state index contributed by atoms with van der Waals surface area (Å²) in [5.74, 6) is -1.92. The van der Waals surface area contributed by atoms with Gasteiger partial charge >= 0.3 is 11.9 Å². The highest BCUT2D eigenvalue weighted by Gasteiger charge is 2.19. The maximum Gasteiger partial charge on any atom is 0.339 e. The molecule has 0 radical (unpaired) electrons. The fourth-order valence-corrected chi connectivity index (χ4v) is 4.35. The van der Waals surface area contributed by atoms with Gasteiger partial charge in [0.05, 0.1) is 41.6 Å². The summed E-state index contributed by atoms with van der Waals surface area (Å²) in [7, 11) is -1.40. The number of sulfonamides is 1. The summed E-state index contributed by atoms with van der Waals surface area (Å²) in [6.45, 7) is 3.51. The van der Waals surface area contributed by atoms with E-state index in [4.69, 9.17) is 9.47 Å². The second kappa shape index (κ2) is 10.4. The molecule has 10 heteroatoms. The van der Waals surface area contributed by atoms with Crippen molar-refractivity contribution < 1.29 is 32.3 Å². The number of amides is 1. The Kier molecular flexibility index (Phi) is 7.55. The third-order valence-corrected chi connectivity index (χ3v) is 6.54. The Hall–Kier alpha value is -4.18. The molecule has 0 aliphatic heterocycles. The van der Waals surface area contributed by atoms with Gasteiger partial charge in [-0.05, 0) is 67.9 Å². The summed E-state index contributed by atoms with van der Waals surface area (Å²) in [6, 6.07) is 14.9. The number of carbonyl (C=O) groups is 3. The molecule has 9 nitrogen and oxygen atoms in total. The molecule has 0 aliphatic carbocycles. The monoisotopic (exact) mass is 496 g/mol. The summed E-state index contributed by atoms with van der Waals surface area (Å²) in [6.07, 6.45) is 0. The maximum absolute atomic E-state index is 12.9. The number of benzene rings is 3. The Morgan fingerprint density at radius 3 is 1.97 bits per heavy atom. The molecule has 1 amide bonds. The number of hydrogen-bond donors (Lipinski definition) is 2. The topological polar surface area (TPSA) is 128 Å². The molecule has 182 valence electrons. The van der Waals surface area contributed by atoms with Crippen LogP contribution in [-0.2, 0) is 19.5 Å². The van der Waals surface area contributed by atoms with Crippen LogP contribution in [0.15, 0.2) is 65.6 Å². The highest BCUT2D eigenvalue weighted by Crippen LogP contribution is 2.24. The molecule has 3 aromatic carbocycles. The third-order valence-electron chi connectivity index (χ3n) is 5.16. The quantitative estimate of drug-likeness (QED) is 0.474. The van der Waals surface area contributed by atoms with Gasteiger partial charge in [-0.1, -0.05) is 17.7 Å². The van der Waals surface area contributed by atoms with Gasteiger partial charge in [-0.25, -0.2) is 18.0 Å². The molecule has 0 heterocycles. The van der Waals surface area contributed by atoms with E-state index in [1.165, 1.54) is 62.8 Å². The maximum atomic E-state index is 12.9. The summed E-state index contributed by atoms with van der Waals surface area (Å²) < 4.78 is 37.3. The summed E-state index contributed by atoms with van der Waals surface area (Å²) in [5.41, 5.74) is 2.20. The first-order chi connectivity index (χ1) is 16.6. The zero-order chi connectivity index (χ0) is 25.8. The molecule has 2 N–H and O–H groups in total. The first-order valence-corrected chi connectivity index (χ1v) is 11.9. The van der Waals surface area contributed by atoms with Crippen molar-refractivity contribution in [3.63, 3.8) is 0 Å². The number of methoxy groups -OCH3 is 2. The van der Waals surface area contributed by atoms with Crippen molar-refractivity contribution in [2.75, 3.05) is 24.3 Å². The molecule has 0 saturated heterocycles. The highest BCUT2D eigenvalue weighted by atomic mass is 32.2. The zero-order valence-electron chi connectivity index (χ0n) is 19.5. The van der Waals surface area contributed by atoms with Crippen LogP contribution in [0, 0.1) is 13.8 Å². The predicted molar refractivity (Wildman–Crippen MR) is 130 cm³/mol. The molecule has 0 atom stereocenters. The average Bonchev–Trinajstić information content (AvgIpc) is 2.84. The third kappa shape index (κ3) is 5.85. The molecule has 0 bridgehead atoms. The van der Waals surface area contributed by atoms with E-state index in [1.54, 1.807) is 19.1 Å². The van der Waals surface area contributed by atoms with Crippen LogP contribution in [0.4, 0.5) is 11.4 Å². The number of nitrogens with one attached hydrogen (secondary N) is 2. The van der Waals surface area contributed by atoms with E-state index < -0.39 is 27.9 Å². The van der Waals surface area contributed by atoms with Crippen LogP contribution in [0.1, 0.15) is 42.2 Å². The lowest BCUT2D eigenvalue weighted by molar-refractivity contribution is 0.0587. The number of ether oxygens (including phenoxy) is 2. The van der Waals surface area contributed by atoms with E-state index in [0.29, 0.717) is 11.3 Å². The van der Waals surface area contributed by atoms with Crippen molar-refractivity contribution in [2.24, 2.45) is 0 Å². The Morgan fingerprint density at radius 1 is 0.743 bits per heavy atom. The molecular weight excluding hydrogens is 472 g/mol. The number of rotatable bonds is 7. The Labute approximate surface area is 203 Å². The normalized spacial score (nSPS) is 10.9. The Bertz CT molecular complexity index is 1400. The summed E-state index contributed by atoms with van der Waals surface area (Å²) in [4.78, 5) is 37.0. The first-order valence-electron chi connectivity index (χ1n) is 10.4. The molecule has 0 spiro atoms. The van der Waals surface area contributed by atoms with E-state index in [9.17, 15) is 22.8 Å². The van der Waals surface area contributed by atoms with Gasteiger partial charge in [0.2, 0.25) is 0 Å². The molecule has 0 saturated carbocycles. The van der Waals surface area contributed by atoms with Gasteiger partial charge in [0.25, 0.3) is 15.9 Å². The van der Waals surface area contributed by atoms with E-state index in [0.717, 1.165) is 5.56 Å². The van der Waals surface area contributed by atoms with Crippen molar-refractivity contribution >= 4 is 39.2 Å². The largest absolute Gasteiger partial charge is 0.465 e. The first kappa shape index (κ1) is 25.4. The number of esters is 2. The van der Waals surface area contributed by atoms with Crippen molar-refractivity contribution in [3.05, 3.63) is 88.5 Å². The molecule has 3 aromatic rings. The van der Waals surface area contributed by atoms with Gasteiger partial charge in [0.1, 0.15) is 0 Å². The number of aryl methyl sites for hydroxylation is 2. The second-order valence-electron chi connectivity index (χ2n) is 7.65. The van der Waals surface area contributed by atoms with Gasteiger partial charge in [0, 0.05) is 5.56 Å². The molecule has 35 heavy (non-hydrogen) atoms. The summed E-state index contributed by atoms with van der Waals surface area (Å²) in [5, 5.41) is 2.60. The fourth-order valence-electron chi connectivity index (χ4n) is 3.22. The van der Waals surface area contributed by atoms with E-state index in [2.05, 4.69) is 10.0 Å². The summed E-state index contributed by atoms with van der Waals surface area (Å²) >= 11 is 0. The number of carbonyl (C=O) groups excluding carboxylic acids is 3. The van der Waals surface area contributed by atoms with E-state index >= 15 is 0 Å². The fraction of sp³-hybridized carbons (Fsp3) is 0.160. The van der Waals surface area contributed by atoms with Gasteiger partial charge < -0.3 is 14.8 Å². The van der Waals surface area contributed by atoms with Crippen LogP contribution in [0.2, 0.25) is 0 Å². The number of hydrogen-bond acceptors (Lipinski definition) is 7. The molecule has 0 unspecified atom stereocenters. The van der Waals surface area contributed by atoms with Crippen molar-refractivity contribution in [3.8, 4) is 0 Å². The lowest BCUT2D eigenvalue weighted by Crippen LogP contribution is -2.17. The Morgan fingerprint density at radius 2 is 1.37 bits per heavy atom. The van der Waals surface area contributed by atoms with Gasteiger partial charge in [-0.15, -0.1) is 0 Å². The minimum atomic E-state index is -3.81. The van der Waals surface area contributed by atoms with Crippen LogP contribution >= 0.6 is 0 Å². The highest BCUT2D eigenvalue weighted by molar-refractivity contribution is 7.92. The lowest BCUT2D eigenvalue weighted by Gasteiger charge is -2.14. The number of anilines is 2. The van der Waals surface area contributed by atoms with Crippen LogP contribution in [0.5, 0.6) is 0 Å². The SMILES string of the molecule is COC(=O)c1ccc(C(=O)OC)c(NC(=O)c2ccc(NS(=O)(=O)c3ccc(C)cc3)c(C)c2)c1. The molecular formula is C25H24N2O7S. The van der Waals surface area contributed by atoms with Gasteiger partial charge in [0.15, 0.2) is 0 Å².